The van der Waals surface area contributed by atoms with Crippen LogP contribution < -0.4 is 0 Å². The highest BCUT2D eigenvalue weighted by Crippen LogP contribution is 2.19. The highest BCUT2D eigenvalue weighted by molar-refractivity contribution is 5.87. The number of carboxylic acid groups (broad SMARTS) is 1. The van der Waals surface area contributed by atoms with Crippen molar-refractivity contribution < 1.29 is 23.8 Å². The summed E-state index contributed by atoms with van der Waals surface area (Å²) in [6, 6.07) is 3.29. The first-order valence-electron chi connectivity index (χ1n) is 5.41. The number of para-hydroxylation sites is 1. The topological polar surface area (TPSA) is 75.3 Å². The fourth-order valence-electron chi connectivity index (χ4n) is 1.72. The summed E-state index contributed by atoms with van der Waals surface area (Å²) >= 11 is 0. The molecule has 2 rings (SSSR count). The maximum atomic E-state index is 13.6. The Morgan fingerprint density at radius 1 is 1.32 bits per heavy atom. The molecule has 0 fully saturated rings. The fourth-order valence-corrected chi connectivity index (χ4v) is 1.72. The molecular formula is C12H10F2N2O3. The molecule has 1 aromatic heterocycles. The molecule has 100 valence electrons. The van der Waals surface area contributed by atoms with Gasteiger partial charge in [-0.25, -0.2) is 18.3 Å². The molecule has 19 heavy (non-hydrogen) atoms. The van der Waals surface area contributed by atoms with Gasteiger partial charge in [0.25, 0.3) is 0 Å². The van der Waals surface area contributed by atoms with E-state index in [1.54, 1.807) is 0 Å². The van der Waals surface area contributed by atoms with E-state index in [4.69, 9.17) is 10.2 Å². The van der Waals surface area contributed by atoms with Crippen LogP contribution >= 0.6 is 0 Å². The smallest absolute Gasteiger partial charge is 0.356 e. The molecule has 0 bridgehead atoms. The molecular weight excluding hydrogens is 258 g/mol. The minimum atomic E-state index is -1.32. The van der Waals surface area contributed by atoms with Gasteiger partial charge in [0.2, 0.25) is 0 Å². The summed E-state index contributed by atoms with van der Waals surface area (Å²) in [5, 5.41) is 21.4. The first-order chi connectivity index (χ1) is 9.04. The van der Waals surface area contributed by atoms with E-state index in [9.17, 15) is 13.6 Å². The number of carboxylic acids is 1. The highest BCUT2D eigenvalue weighted by atomic mass is 19.1. The van der Waals surface area contributed by atoms with Gasteiger partial charge in [0.15, 0.2) is 17.3 Å². The van der Waals surface area contributed by atoms with Gasteiger partial charge in [-0.2, -0.15) is 5.10 Å². The third-order valence-corrected chi connectivity index (χ3v) is 2.54. The molecule has 0 saturated carbocycles. The number of rotatable bonds is 4. The van der Waals surface area contributed by atoms with Gasteiger partial charge in [0, 0.05) is 18.4 Å². The molecule has 2 aromatic rings. The van der Waals surface area contributed by atoms with E-state index in [-0.39, 0.29) is 24.3 Å². The van der Waals surface area contributed by atoms with Crippen LogP contribution in [-0.4, -0.2) is 32.6 Å². The van der Waals surface area contributed by atoms with E-state index in [1.807, 2.05) is 0 Å². The van der Waals surface area contributed by atoms with Crippen molar-refractivity contribution in [2.24, 2.45) is 0 Å². The molecule has 1 aromatic carbocycles. The molecule has 0 unspecified atom stereocenters. The minimum Gasteiger partial charge on any atom is -0.476 e. The van der Waals surface area contributed by atoms with Crippen LogP contribution in [0.15, 0.2) is 24.4 Å². The van der Waals surface area contributed by atoms with Gasteiger partial charge in [-0.1, -0.05) is 6.07 Å². The summed E-state index contributed by atoms with van der Waals surface area (Å²) in [6.45, 7) is -0.286. The average molecular weight is 268 g/mol. The molecule has 0 aliphatic heterocycles. The van der Waals surface area contributed by atoms with Crippen LogP contribution in [0.5, 0.6) is 0 Å². The van der Waals surface area contributed by atoms with E-state index in [0.717, 1.165) is 16.8 Å². The Morgan fingerprint density at radius 3 is 2.47 bits per heavy atom. The van der Waals surface area contributed by atoms with Crippen LogP contribution in [-0.2, 0) is 6.42 Å². The number of aliphatic hydroxyl groups excluding tert-OH is 1. The first-order valence-corrected chi connectivity index (χ1v) is 5.41. The maximum Gasteiger partial charge on any atom is 0.356 e. The monoisotopic (exact) mass is 268 g/mol. The van der Waals surface area contributed by atoms with Gasteiger partial charge in [-0.15, -0.1) is 0 Å². The number of halogens is 2. The zero-order valence-corrected chi connectivity index (χ0v) is 9.68. The van der Waals surface area contributed by atoms with Gasteiger partial charge in [-0.05, 0) is 18.6 Å². The number of aromatic carboxylic acids is 1. The van der Waals surface area contributed by atoms with E-state index in [2.05, 4.69) is 5.10 Å². The van der Waals surface area contributed by atoms with Crippen molar-refractivity contribution in [2.45, 2.75) is 6.42 Å². The van der Waals surface area contributed by atoms with Crippen molar-refractivity contribution in [3.63, 3.8) is 0 Å². The number of hydrogen-bond donors (Lipinski definition) is 2. The predicted octanol–water partition coefficient (Wildman–Crippen LogP) is 1.38. The molecule has 1 heterocycles. The van der Waals surface area contributed by atoms with E-state index < -0.39 is 23.3 Å². The molecule has 0 amide bonds. The lowest BCUT2D eigenvalue weighted by atomic mass is 10.2. The van der Waals surface area contributed by atoms with E-state index in [0.29, 0.717) is 0 Å². The number of carbonyl (C=O) groups is 1. The summed E-state index contributed by atoms with van der Waals surface area (Å²) in [5.41, 5.74) is -0.580. The van der Waals surface area contributed by atoms with Crippen molar-refractivity contribution in [1.82, 2.24) is 9.78 Å². The van der Waals surface area contributed by atoms with Crippen molar-refractivity contribution in [1.29, 1.82) is 0 Å². The molecule has 0 aliphatic carbocycles. The van der Waals surface area contributed by atoms with Gasteiger partial charge in [0.1, 0.15) is 5.69 Å². The Balaban J connectivity index is 2.57. The number of aromatic nitrogens is 2. The maximum absolute atomic E-state index is 13.6. The number of hydrogen-bond acceptors (Lipinski definition) is 3. The summed E-state index contributed by atoms with van der Waals surface area (Å²) in [7, 11) is 0. The third kappa shape index (κ3) is 2.45. The summed E-state index contributed by atoms with van der Waals surface area (Å²) in [5.74, 6) is -3.02. The largest absolute Gasteiger partial charge is 0.476 e. The van der Waals surface area contributed by atoms with Crippen LogP contribution in [0.1, 0.15) is 16.1 Å². The lowest BCUT2D eigenvalue weighted by molar-refractivity contribution is 0.0688. The Kier molecular flexibility index (Phi) is 3.57. The molecule has 5 nitrogen and oxygen atoms in total. The van der Waals surface area contributed by atoms with Crippen molar-refractivity contribution in [2.75, 3.05) is 6.61 Å². The van der Waals surface area contributed by atoms with Crippen LogP contribution in [0.2, 0.25) is 0 Å². The standard InChI is InChI=1S/C12H10F2N2O3/c13-8-2-1-3-9(14)11(8)16-6-7(4-5-17)10(15-16)12(18)19/h1-3,6,17H,4-5H2,(H,18,19). The van der Waals surface area contributed by atoms with E-state index in [1.165, 1.54) is 12.3 Å². The minimum absolute atomic E-state index is 0.0394. The van der Waals surface area contributed by atoms with Crippen LogP contribution in [0, 0.1) is 11.6 Å². The van der Waals surface area contributed by atoms with Crippen LogP contribution in [0.25, 0.3) is 5.69 Å². The van der Waals surface area contributed by atoms with Gasteiger partial charge >= 0.3 is 5.97 Å². The zero-order chi connectivity index (χ0) is 14.0. The summed E-state index contributed by atoms with van der Waals surface area (Å²) in [4.78, 5) is 11.0. The Labute approximate surface area is 106 Å². The van der Waals surface area contributed by atoms with E-state index >= 15 is 0 Å². The van der Waals surface area contributed by atoms with Gasteiger partial charge < -0.3 is 10.2 Å². The molecule has 0 saturated heterocycles. The predicted molar refractivity (Wildman–Crippen MR) is 61.2 cm³/mol. The first kappa shape index (κ1) is 13.2. The lowest BCUT2D eigenvalue weighted by Crippen LogP contribution is -2.05. The Morgan fingerprint density at radius 2 is 1.95 bits per heavy atom. The van der Waals surface area contributed by atoms with Gasteiger partial charge in [0.05, 0.1) is 0 Å². The quantitative estimate of drug-likeness (QED) is 0.878. The molecule has 0 atom stereocenters. The normalized spacial score (nSPS) is 10.7. The SMILES string of the molecule is O=C(O)c1nn(-c2c(F)cccc2F)cc1CCO. The van der Waals surface area contributed by atoms with Crippen LogP contribution in [0.4, 0.5) is 8.78 Å². The Bertz CT molecular complexity index is 605. The van der Waals surface area contributed by atoms with Crippen LogP contribution in [0.3, 0.4) is 0 Å². The zero-order valence-electron chi connectivity index (χ0n) is 9.68. The summed E-state index contributed by atoms with van der Waals surface area (Å²) < 4.78 is 28.0. The third-order valence-electron chi connectivity index (χ3n) is 2.54. The molecule has 7 heteroatoms. The summed E-state index contributed by atoms with van der Waals surface area (Å²) in [6.07, 6.45) is 1.23. The molecule has 0 spiro atoms. The lowest BCUT2D eigenvalue weighted by Gasteiger charge is -2.03. The highest BCUT2D eigenvalue weighted by Gasteiger charge is 2.19. The van der Waals surface area contributed by atoms with Crippen molar-refractivity contribution in [3.8, 4) is 5.69 Å². The van der Waals surface area contributed by atoms with Gasteiger partial charge in [-0.3, -0.25) is 0 Å². The number of benzene rings is 1. The second-order valence-corrected chi connectivity index (χ2v) is 3.80. The number of aliphatic hydroxyl groups is 1. The molecule has 0 radical (unpaired) electrons. The second kappa shape index (κ2) is 5.15. The number of nitrogens with zero attached hydrogens (tertiary/aromatic N) is 2. The van der Waals surface area contributed by atoms with Crippen molar-refractivity contribution in [3.05, 3.63) is 47.3 Å². The Hall–Kier alpha value is -2.28. The second-order valence-electron chi connectivity index (χ2n) is 3.80. The molecule has 2 N–H and O–H groups in total. The van der Waals surface area contributed by atoms with Crippen molar-refractivity contribution >= 4 is 5.97 Å². The molecule has 0 aliphatic rings. The fraction of sp³-hybridized carbons (Fsp3) is 0.167. The average Bonchev–Trinajstić information content (AvgIpc) is 2.73.